The molecule has 1 amide bonds. The number of hydrogen-bond donors (Lipinski definition) is 3. The van der Waals surface area contributed by atoms with Crippen molar-refractivity contribution in [3.05, 3.63) is 48.2 Å². The van der Waals surface area contributed by atoms with Crippen LogP contribution in [0.25, 0.3) is 0 Å². The third kappa shape index (κ3) is 4.70. The van der Waals surface area contributed by atoms with Gasteiger partial charge in [0.25, 0.3) is 5.91 Å². The van der Waals surface area contributed by atoms with Crippen molar-refractivity contribution in [2.75, 3.05) is 35.7 Å². The lowest BCUT2D eigenvalue weighted by Gasteiger charge is -2.18. The summed E-state index contributed by atoms with van der Waals surface area (Å²) < 4.78 is 0. The molecular formula is C18H24N4O2. The number of amides is 1. The Morgan fingerprint density at radius 1 is 1.25 bits per heavy atom. The van der Waals surface area contributed by atoms with E-state index in [-0.39, 0.29) is 18.6 Å². The summed E-state index contributed by atoms with van der Waals surface area (Å²) in [6.45, 7) is 4.66. The van der Waals surface area contributed by atoms with E-state index in [1.807, 2.05) is 50.1 Å². The normalized spacial score (nSPS) is 10.5. The molecule has 0 aliphatic heterocycles. The van der Waals surface area contributed by atoms with Crippen molar-refractivity contribution in [3.8, 4) is 0 Å². The van der Waals surface area contributed by atoms with Crippen LogP contribution in [-0.2, 0) is 0 Å². The smallest absolute Gasteiger partial charge is 0.259 e. The number of hydrogen-bond acceptors (Lipinski definition) is 5. The molecule has 24 heavy (non-hydrogen) atoms. The lowest BCUT2D eigenvalue weighted by Crippen LogP contribution is -2.21. The Hall–Kier alpha value is -2.60. The van der Waals surface area contributed by atoms with Gasteiger partial charge in [0.2, 0.25) is 0 Å². The lowest BCUT2D eigenvalue weighted by atomic mass is 10.2. The molecule has 0 aliphatic carbocycles. The van der Waals surface area contributed by atoms with Crippen LogP contribution in [0.1, 0.15) is 24.2 Å². The number of nitrogens with zero attached hydrogens (tertiary/aromatic N) is 2. The van der Waals surface area contributed by atoms with Crippen LogP contribution in [0.3, 0.4) is 0 Å². The molecule has 0 radical (unpaired) electrons. The first-order valence-electron chi connectivity index (χ1n) is 7.96. The van der Waals surface area contributed by atoms with Crippen LogP contribution in [0.5, 0.6) is 0 Å². The zero-order valence-corrected chi connectivity index (χ0v) is 14.3. The van der Waals surface area contributed by atoms with Gasteiger partial charge in [-0.1, -0.05) is 0 Å². The number of aliphatic hydroxyl groups is 1. The summed E-state index contributed by atoms with van der Waals surface area (Å²) in [4.78, 5) is 18.7. The van der Waals surface area contributed by atoms with E-state index < -0.39 is 0 Å². The van der Waals surface area contributed by atoms with Gasteiger partial charge in [-0.25, -0.2) is 4.98 Å². The van der Waals surface area contributed by atoms with Crippen molar-refractivity contribution >= 4 is 23.1 Å². The summed E-state index contributed by atoms with van der Waals surface area (Å²) in [5.74, 6) is 0.368. The van der Waals surface area contributed by atoms with Crippen molar-refractivity contribution in [1.82, 2.24) is 4.98 Å². The van der Waals surface area contributed by atoms with Gasteiger partial charge in [0.15, 0.2) is 0 Å². The molecule has 0 unspecified atom stereocenters. The molecule has 2 aromatic rings. The molecule has 128 valence electrons. The minimum Gasteiger partial charge on any atom is -0.395 e. The first-order valence-corrected chi connectivity index (χ1v) is 7.96. The summed E-state index contributed by atoms with van der Waals surface area (Å²) in [6.07, 6.45) is 1.66. The number of carbonyl (C=O) groups is 1. The Bertz CT molecular complexity index is 671. The Kier molecular flexibility index (Phi) is 6.14. The zero-order valence-electron chi connectivity index (χ0n) is 14.3. The maximum atomic E-state index is 12.5. The number of rotatable bonds is 7. The van der Waals surface area contributed by atoms with Crippen LogP contribution in [0.4, 0.5) is 17.2 Å². The highest BCUT2D eigenvalue weighted by molar-refractivity contribution is 6.07. The number of nitrogens with one attached hydrogen (secondary N) is 2. The minimum atomic E-state index is -0.206. The summed E-state index contributed by atoms with van der Waals surface area (Å²) in [6, 6.07) is 11.2. The molecule has 1 aromatic heterocycles. The van der Waals surface area contributed by atoms with Crippen molar-refractivity contribution < 1.29 is 9.90 Å². The molecule has 6 heteroatoms. The molecule has 0 saturated carbocycles. The lowest BCUT2D eigenvalue weighted by molar-refractivity contribution is 0.102. The minimum absolute atomic E-state index is 0.0988. The largest absolute Gasteiger partial charge is 0.395 e. The zero-order chi connectivity index (χ0) is 17.5. The van der Waals surface area contributed by atoms with E-state index in [1.165, 1.54) is 0 Å². The average Bonchev–Trinajstić information content (AvgIpc) is 2.55. The van der Waals surface area contributed by atoms with Gasteiger partial charge in [0, 0.05) is 37.2 Å². The van der Waals surface area contributed by atoms with Gasteiger partial charge in [0.1, 0.15) is 5.82 Å². The quantitative estimate of drug-likeness (QED) is 0.728. The van der Waals surface area contributed by atoms with Gasteiger partial charge in [-0.05, 0) is 50.2 Å². The number of aromatic nitrogens is 1. The molecule has 0 spiro atoms. The van der Waals surface area contributed by atoms with E-state index in [0.717, 1.165) is 5.69 Å². The molecule has 1 aromatic carbocycles. The van der Waals surface area contributed by atoms with Crippen molar-refractivity contribution in [2.24, 2.45) is 0 Å². The van der Waals surface area contributed by atoms with E-state index in [9.17, 15) is 4.79 Å². The first kappa shape index (κ1) is 17.7. The standard InChI is InChI=1S/C18H24N4O2/c1-13(2)20-17-16(5-4-10-19-17)18(24)21-14-6-8-15(9-7-14)22(3)11-12-23/h4-10,13,23H,11-12H2,1-3H3,(H,19,20)(H,21,24). The maximum Gasteiger partial charge on any atom is 0.259 e. The fourth-order valence-corrected chi connectivity index (χ4v) is 2.25. The number of benzene rings is 1. The molecule has 1 heterocycles. The topological polar surface area (TPSA) is 77.5 Å². The second-order valence-electron chi connectivity index (χ2n) is 5.84. The second kappa shape index (κ2) is 8.31. The monoisotopic (exact) mass is 328 g/mol. The highest BCUT2D eigenvalue weighted by atomic mass is 16.3. The van der Waals surface area contributed by atoms with Gasteiger partial charge in [-0.2, -0.15) is 0 Å². The molecule has 0 saturated heterocycles. The Labute approximate surface area is 142 Å². The molecule has 0 atom stereocenters. The average molecular weight is 328 g/mol. The highest BCUT2D eigenvalue weighted by Crippen LogP contribution is 2.19. The van der Waals surface area contributed by atoms with Gasteiger partial charge in [0.05, 0.1) is 12.2 Å². The highest BCUT2D eigenvalue weighted by Gasteiger charge is 2.13. The van der Waals surface area contributed by atoms with Crippen LogP contribution >= 0.6 is 0 Å². The predicted molar refractivity (Wildman–Crippen MR) is 97.7 cm³/mol. The predicted octanol–water partition coefficient (Wildman–Crippen LogP) is 2.58. The number of aliphatic hydroxyl groups excluding tert-OH is 1. The van der Waals surface area contributed by atoms with E-state index in [0.29, 0.717) is 23.6 Å². The number of carbonyl (C=O) groups excluding carboxylic acids is 1. The van der Waals surface area contributed by atoms with Gasteiger partial charge in [-0.3, -0.25) is 4.79 Å². The van der Waals surface area contributed by atoms with Crippen LogP contribution < -0.4 is 15.5 Å². The third-order valence-electron chi connectivity index (χ3n) is 3.48. The van der Waals surface area contributed by atoms with E-state index >= 15 is 0 Å². The fraction of sp³-hybridized carbons (Fsp3) is 0.333. The molecule has 2 rings (SSSR count). The molecule has 0 aliphatic rings. The van der Waals surface area contributed by atoms with Crippen molar-refractivity contribution in [3.63, 3.8) is 0 Å². The Balaban J connectivity index is 2.10. The van der Waals surface area contributed by atoms with Crippen molar-refractivity contribution in [1.29, 1.82) is 0 Å². The molecule has 6 nitrogen and oxygen atoms in total. The van der Waals surface area contributed by atoms with Crippen LogP contribution in [0, 0.1) is 0 Å². The fourth-order valence-electron chi connectivity index (χ4n) is 2.25. The van der Waals surface area contributed by atoms with Crippen LogP contribution in [0.15, 0.2) is 42.6 Å². The van der Waals surface area contributed by atoms with E-state index in [2.05, 4.69) is 15.6 Å². The summed E-state index contributed by atoms with van der Waals surface area (Å²) in [7, 11) is 1.91. The van der Waals surface area contributed by atoms with Crippen molar-refractivity contribution in [2.45, 2.75) is 19.9 Å². The first-order chi connectivity index (χ1) is 11.5. The Morgan fingerprint density at radius 3 is 2.58 bits per heavy atom. The number of likely N-dealkylation sites (N-methyl/N-ethyl adjacent to an activating group) is 1. The summed E-state index contributed by atoms with van der Waals surface area (Å²) >= 11 is 0. The Morgan fingerprint density at radius 2 is 1.96 bits per heavy atom. The van der Waals surface area contributed by atoms with E-state index in [1.54, 1.807) is 18.3 Å². The molecular weight excluding hydrogens is 304 g/mol. The maximum absolute atomic E-state index is 12.5. The molecule has 3 N–H and O–H groups in total. The summed E-state index contributed by atoms with van der Waals surface area (Å²) in [5.41, 5.74) is 2.19. The van der Waals surface area contributed by atoms with E-state index in [4.69, 9.17) is 5.11 Å². The van der Waals surface area contributed by atoms with Crippen LogP contribution in [0.2, 0.25) is 0 Å². The number of pyridine rings is 1. The van der Waals surface area contributed by atoms with Crippen LogP contribution in [-0.4, -0.2) is 42.2 Å². The number of anilines is 3. The molecule has 0 bridgehead atoms. The van der Waals surface area contributed by atoms with Gasteiger partial charge in [-0.15, -0.1) is 0 Å². The SMILES string of the molecule is CC(C)Nc1ncccc1C(=O)Nc1ccc(N(C)CCO)cc1. The van der Waals surface area contributed by atoms with Gasteiger partial charge < -0.3 is 20.6 Å². The third-order valence-corrected chi connectivity index (χ3v) is 3.48. The second-order valence-corrected chi connectivity index (χ2v) is 5.84. The molecule has 0 fully saturated rings. The summed E-state index contributed by atoms with van der Waals surface area (Å²) in [5, 5.41) is 15.0. The van der Waals surface area contributed by atoms with Gasteiger partial charge >= 0.3 is 0 Å².